The second kappa shape index (κ2) is 9.52. The summed E-state index contributed by atoms with van der Waals surface area (Å²) in [6.07, 6.45) is 7.20. The lowest BCUT2D eigenvalue weighted by Gasteiger charge is -2.32. The number of rotatable bonds is 8. The van der Waals surface area contributed by atoms with E-state index in [0.717, 1.165) is 30.7 Å². The zero-order valence-electron chi connectivity index (χ0n) is 15.9. The third-order valence-corrected chi connectivity index (χ3v) is 4.49. The first kappa shape index (κ1) is 20.3. The van der Waals surface area contributed by atoms with Crippen molar-refractivity contribution < 1.29 is 9.53 Å². The molecule has 4 heteroatoms. The number of nitrogens with zero attached hydrogens (tertiary/aromatic N) is 1. The number of ether oxygens (including phenoxy) is 1. The Labute approximate surface area is 147 Å². The fourth-order valence-electron chi connectivity index (χ4n) is 3.27. The van der Waals surface area contributed by atoms with Crippen LogP contribution in [0, 0.1) is 22.7 Å². The van der Waals surface area contributed by atoms with Crippen LogP contribution in [0.4, 0.5) is 0 Å². The monoisotopic (exact) mass is 332 g/mol. The van der Waals surface area contributed by atoms with E-state index in [1.165, 1.54) is 12.8 Å². The van der Waals surface area contributed by atoms with Gasteiger partial charge in [-0.15, -0.1) is 0 Å². The van der Waals surface area contributed by atoms with Crippen molar-refractivity contribution in [3.05, 3.63) is 22.9 Å². The molecule has 0 amide bonds. The van der Waals surface area contributed by atoms with Crippen LogP contribution in [0.2, 0.25) is 0 Å². The van der Waals surface area contributed by atoms with Crippen molar-refractivity contribution in [2.45, 2.75) is 66.7 Å². The number of esters is 1. The molecule has 24 heavy (non-hydrogen) atoms. The lowest BCUT2D eigenvalue weighted by Crippen LogP contribution is -2.29. The highest BCUT2D eigenvalue weighted by atomic mass is 16.5. The van der Waals surface area contributed by atoms with Gasteiger partial charge in [0.05, 0.1) is 6.61 Å². The van der Waals surface area contributed by atoms with Crippen molar-refractivity contribution in [3.8, 4) is 6.07 Å². The van der Waals surface area contributed by atoms with Crippen LogP contribution in [0.3, 0.4) is 0 Å². The van der Waals surface area contributed by atoms with Gasteiger partial charge in [0.2, 0.25) is 0 Å². The van der Waals surface area contributed by atoms with E-state index in [1.807, 2.05) is 12.1 Å². The summed E-state index contributed by atoms with van der Waals surface area (Å²) in [6.45, 7) is 11.8. The van der Waals surface area contributed by atoms with Gasteiger partial charge in [-0.2, -0.15) is 5.26 Å². The van der Waals surface area contributed by atoms with Crippen molar-refractivity contribution >= 4 is 5.97 Å². The molecule has 1 rings (SSSR count). The fourth-order valence-corrected chi connectivity index (χ4v) is 3.27. The van der Waals surface area contributed by atoms with Crippen molar-refractivity contribution in [1.29, 1.82) is 5.26 Å². The molecule has 0 spiro atoms. The Morgan fingerprint density at radius 1 is 1.38 bits per heavy atom. The topological polar surface area (TPSA) is 62.1 Å². The summed E-state index contributed by atoms with van der Waals surface area (Å²) in [6, 6.07) is 2.04. The fraction of sp³-hybridized carbons (Fsp3) is 0.700. The molecule has 1 aliphatic rings. The van der Waals surface area contributed by atoms with Crippen LogP contribution in [0.1, 0.15) is 66.7 Å². The maximum Gasteiger partial charge on any atom is 0.349 e. The van der Waals surface area contributed by atoms with E-state index in [0.29, 0.717) is 12.3 Å². The van der Waals surface area contributed by atoms with Gasteiger partial charge in [0.1, 0.15) is 11.6 Å². The van der Waals surface area contributed by atoms with Crippen LogP contribution in [0.15, 0.2) is 22.9 Å². The van der Waals surface area contributed by atoms with Crippen molar-refractivity contribution in [2.24, 2.45) is 11.3 Å². The first-order valence-electron chi connectivity index (χ1n) is 9.11. The Hall–Kier alpha value is -1.76. The number of carbonyl (C=O) groups is 1. The van der Waals surface area contributed by atoms with E-state index in [-0.39, 0.29) is 17.6 Å². The molecule has 0 bridgehead atoms. The zero-order chi connectivity index (χ0) is 18.2. The molecule has 0 aliphatic heterocycles. The summed E-state index contributed by atoms with van der Waals surface area (Å²) < 4.78 is 5.03. The molecular weight excluding hydrogens is 300 g/mol. The molecule has 0 aromatic rings. The highest BCUT2D eigenvalue weighted by molar-refractivity contribution is 5.94. The van der Waals surface area contributed by atoms with Gasteiger partial charge in [0.25, 0.3) is 0 Å². The molecule has 0 fully saturated rings. The zero-order valence-corrected chi connectivity index (χ0v) is 15.9. The summed E-state index contributed by atoms with van der Waals surface area (Å²) >= 11 is 0. The molecular formula is C20H32N2O2. The lowest BCUT2D eigenvalue weighted by atomic mass is 9.76. The van der Waals surface area contributed by atoms with Crippen LogP contribution >= 0.6 is 0 Å². The number of nitriles is 1. The first-order valence-corrected chi connectivity index (χ1v) is 9.11. The molecule has 0 aromatic heterocycles. The Morgan fingerprint density at radius 2 is 2.08 bits per heavy atom. The van der Waals surface area contributed by atoms with Gasteiger partial charge in [-0.1, -0.05) is 40.5 Å². The van der Waals surface area contributed by atoms with Crippen molar-refractivity contribution in [3.63, 3.8) is 0 Å². The minimum atomic E-state index is -0.513. The van der Waals surface area contributed by atoms with Crippen LogP contribution in [-0.2, 0) is 9.53 Å². The number of hydrogen-bond donors (Lipinski definition) is 1. The van der Waals surface area contributed by atoms with Gasteiger partial charge in [-0.25, -0.2) is 4.79 Å². The first-order chi connectivity index (χ1) is 11.4. The predicted molar refractivity (Wildman–Crippen MR) is 97.1 cm³/mol. The average molecular weight is 332 g/mol. The highest BCUT2D eigenvalue weighted by Crippen LogP contribution is 2.38. The maximum absolute atomic E-state index is 12.0. The van der Waals surface area contributed by atoms with Gasteiger partial charge in [0, 0.05) is 12.2 Å². The molecule has 0 heterocycles. The lowest BCUT2D eigenvalue weighted by molar-refractivity contribution is -0.138. The highest BCUT2D eigenvalue weighted by Gasteiger charge is 2.29. The summed E-state index contributed by atoms with van der Waals surface area (Å²) in [4.78, 5) is 12.0. The molecule has 1 unspecified atom stereocenters. The minimum absolute atomic E-state index is 0.0213. The maximum atomic E-state index is 12.0. The minimum Gasteiger partial charge on any atom is -0.462 e. The van der Waals surface area contributed by atoms with E-state index in [1.54, 1.807) is 6.92 Å². The molecule has 0 aromatic carbocycles. The largest absolute Gasteiger partial charge is 0.462 e. The summed E-state index contributed by atoms with van der Waals surface area (Å²) in [5, 5.41) is 13.0. The average Bonchev–Trinajstić information content (AvgIpc) is 2.51. The Balaban J connectivity index is 3.01. The molecule has 1 N–H and O–H groups in total. The van der Waals surface area contributed by atoms with Gasteiger partial charge >= 0.3 is 5.97 Å². The summed E-state index contributed by atoms with van der Waals surface area (Å²) in [5.74, 6) is 0.148. The molecule has 0 radical (unpaired) electrons. The molecule has 0 saturated heterocycles. The van der Waals surface area contributed by atoms with Crippen LogP contribution in [-0.4, -0.2) is 19.1 Å². The standard InChI is InChI=1S/C20H32N2O2/c1-6-9-15(7-2)14-22-17-10-16(11-20(4,5)12-17)18(13-21)19(23)24-8-3/h10,15,22H,6-9,11-12,14H2,1-5H3/b18-16+. The second-order valence-corrected chi connectivity index (χ2v) is 7.36. The Bertz CT molecular complexity index is 538. The normalized spacial score (nSPS) is 19.8. The van der Waals surface area contributed by atoms with E-state index in [4.69, 9.17) is 4.74 Å². The van der Waals surface area contributed by atoms with Crippen LogP contribution in [0.5, 0.6) is 0 Å². The van der Waals surface area contributed by atoms with Gasteiger partial charge in [0.15, 0.2) is 0 Å². The van der Waals surface area contributed by atoms with E-state index in [2.05, 4.69) is 33.0 Å². The van der Waals surface area contributed by atoms with E-state index < -0.39 is 5.97 Å². The van der Waals surface area contributed by atoms with E-state index >= 15 is 0 Å². The number of hydrogen-bond acceptors (Lipinski definition) is 4. The Kier molecular flexibility index (Phi) is 8.04. The SMILES string of the molecule is CCCC(CC)CNC1=C/C(=C(/C#N)C(=O)OCC)CC(C)(C)C1. The molecule has 4 nitrogen and oxygen atoms in total. The van der Waals surface area contributed by atoms with E-state index in [9.17, 15) is 10.1 Å². The van der Waals surface area contributed by atoms with Crippen molar-refractivity contribution in [1.82, 2.24) is 5.32 Å². The quantitative estimate of drug-likeness (QED) is 0.404. The van der Waals surface area contributed by atoms with Gasteiger partial charge in [-0.05, 0) is 49.2 Å². The van der Waals surface area contributed by atoms with Crippen molar-refractivity contribution in [2.75, 3.05) is 13.2 Å². The second-order valence-electron chi connectivity index (χ2n) is 7.36. The number of allylic oxidation sites excluding steroid dienone is 3. The van der Waals surface area contributed by atoms with Gasteiger partial charge < -0.3 is 10.1 Å². The predicted octanol–water partition coefficient (Wildman–Crippen LogP) is 4.49. The number of nitrogens with one attached hydrogen (secondary N) is 1. The smallest absolute Gasteiger partial charge is 0.349 e. The summed E-state index contributed by atoms with van der Waals surface area (Å²) in [7, 11) is 0. The Morgan fingerprint density at radius 3 is 2.62 bits per heavy atom. The molecule has 0 saturated carbocycles. The molecule has 1 aliphatic carbocycles. The number of carbonyl (C=O) groups excluding carboxylic acids is 1. The third-order valence-electron chi connectivity index (χ3n) is 4.49. The summed E-state index contributed by atoms with van der Waals surface area (Å²) in [5.41, 5.74) is 2.07. The van der Waals surface area contributed by atoms with Gasteiger partial charge in [-0.3, -0.25) is 0 Å². The van der Waals surface area contributed by atoms with Crippen LogP contribution < -0.4 is 5.32 Å². The molecule has 1 atom stereocenters. The van der Waals surface area contributed by atoms with Crippen LogP contribution in [0.25, 0.3) is 0 Å². The third kappa shape index (κ3) is 6.03. The molecule has 134 valence electrons.